The minimum atomic E-state index is -0.473. The van der Waals surface area contributed by atoms with Crippen LogP contribution in [0.4, 0.5) is 5.69 Å². The largest absolute Gasteiger partial charge is 0.384 e. The first-order chi connectivity index (χ1) is 15.1. The topological polar surface area (TPSA) is 70.1 Å². The summed E-state index contributed by atoms with van der Waals surface area (Å²) in [6.45, 7) is 6.24. The highest BCUT2D eigenvalue weighted by Gasteiger charge is 2.45. The van der Waals surface area contributed by atoms with Crippen molar-refractivity contribution in [2.45, 2.75) is 46.0 Å². The maximum absolute atomic E-state index is 13.5. The summed E-state index contributed by atoms with van der Waals surface area (Å²) in [4.78, 5) is 17.5. The lowest BCUT2D eigenvalue weighted by atomic mass is 9.69. The van der Waals surface area contributed by atoms with Gasteiger partial charge in [0.05, 0.1) is 27.6 Å². The Bertz CT molecular complexity index is 1240. The van der Waals surface area contributed by atoms with E-state index < -0.39 is 5.92 Å². The van der Waals surface area contributed by atoms with Crippen LogP contribution in [0.2, 0.25) is 10.0 Å². The van der Waals surface area contributed by atoms with Gasteiger partial charge in [-0.15, -0.1) is 11.3 Å². The quantitative estimate of drug-likeness (QED) is 0.434. The van der Waals surface area contributed by atoms with Crippen LogP contribution in [-0.2, 0) is 11.2 Å². The van der Waals surface area contributed by atoms with E-state index in [-0.39, 0.29) is 11.2 Å². The van der Waals surface area contributed by atoms with E-state index in [1.165, 1.54) is 4.88 Å². The maximum atomic E-state index is 13.5. The number of rotatable bonds is 3. The fraction of sp³-hybridized carbons (Fsp3) is 0.333. The predicted octanol–water partition coefficient (Wildman–Crippen LogP) is 7.32. The van der Waals surface area contributed by atoms with Crippen LogP contribution in [-0.4, -0.2) is 5.78 Å². The molecular weight excluding hydrogens is 529 g/mol. The van der Waals surface area contributed by atoms with Crippen LogP contribution in [0, 0.1) is 16.7 Å². The third-order valence-electron chi connectivity index (χ3n) is 5.92. The number of thiophene rings is 1. The van der Waals surface area contributed by atoms with Gasteiger partial charge in [-0.25, -0.2) is 0 Å². The SMILES string of the molecule is CCc1sc(C2C(C#N)=C(N)N(c3ccc(Cl)c(Cl)c3)C3=C2C(=O)CC(C)(C)C3)cc1Br. The number of halogens is 3. The van der Waals surface area contributed by atoms with Crippen molar-refractivity contribution in [2.24, 2.45) is 11.1 Å². The Hall–Kier alpha value is -1.78. The Morgan fingerprint density at radius 2 is 2.00 bits per heavy atom. The Labute approximate surface area is 210 Å². The van der Waals surface area contributed by atoms with Gasteiger partial charge in [0, 0.05) is 37.6 Å². The number of carbonyl (C=O) groups is 1. The number of ketones is 1. The van der Waals surface area contributed by atoms with Crippen molar-refractivity contribution in [1.29, 1.82) is 5.26 Å². The Balaban J connectivity index is 2.00. The smallest absolute Gasteiger partial charge is 0.162 e. The molecule has 0 saturated carbocycles. The molecule has 2 aliphatic rings. The van der Waals surface area contributed by atoms with Crippen molar-refractivity contribution in [3.63, 3.8) is 0 Å². The molecule has 4 rings (SSSR count). The molecule has 0 bridgehead atoms. The molecule has 1 atom stereocenters. The molecule has 0 amide bonds. The summed E-state index contributed by atoms with van der Waals surface area (Å²) < 4.78 is 0.994. The molecular formula is C24H22BrCl2N3OS. The van der Waals surface area contributed by atoms with Gasteiger partial charge in [-0.3, -0.25) is 9.69 Å². The van der Waals surface area contributed by atoms with E-state index in [0.29, 0.717) is 45.5 Å². The van der Waals surface area contributed by atoms with E-state index in [9.17, 15) is 10.1 Å². The van der Waals surface area contributed by atoms with Crippen LogP contribution >= 0.6 is 50.5 Å². The molecule has 1 aromatic carbocycles. The zero-order chi connectivity index (χ0) is 23.4. The number of allylic oxidation sites excluding steroid dienone is 3. The molecule has 1 aliphatic heterocycles. The number of nitrogens with two attached hydrogens (primary N) is 1. The third-order valence-corrected chi connectivity index (χ3v) is 8.98. The number of hydrogen-bond donors (Lipinski definition) is 1. The second kappa shape index (κ2) is 8.53. The van der Waals surface area contributed by atoms with Gasteiger partial charge in [0.2, 0.25) is 0 Å². The Morgan fingerprint density at radius 1 is 1.28 bits per heavy atom. The number of benzene rings is 1. The number of carbonyl (C=O) groups excluding carboxylic acids is 1. The van der Waals surface area contributed by atoms with Gasteiger partial charge in [0.25, 0.3) is 0 Å². The normalized spacial score (nSPS) is 20.5. The van der Waals surface area contributed by atoms with E-state index in [0.717, 1.165) is 21.5 Å². The fourth-order valence-electron chi connectivity index (χ4n) is 4.52. The summed E-state index contributed by atoms with van der Waals surface area (Å²) >= 11 is 17.7. The summed E-state index contributed by atoms with van der Waals surface area (Å²) in [6.07, 6.45) is 1.93. The van der Waals surface area contributed by atoms with E-state index in [1.54, 1.807) is 23.5 Å². The molecule has 0 fully saturated rings. The summed E-state index contributed by atoms with van der Waals surface area (Å²) in [5.41, 5.74) is 8.96. The standard InChI is InChI=1S/C24H22BrCl2N3OS/c1-4-19-14(25)8-20(32-19)21-13(11-28)23(29)30(12-5-6-15(26)16(27)7-12)17-9-24(2,3)10-18(31)22(17)21/h5-8,21H,4,9-10,29H2,1-3H3. The predicted molar refractivity (Wildman–Crippen MR) is 135 cm³/mol. The van der Waals surface area contributed by atoms with E-state index >= 15 is 0 Å². The molecule has 1 aliphatic carbocycles. The van der Waals surface area contributed by atoms with E-state index in [1.807, 2.05) is 17.0 Å². The molecule has 166 valence electrons. The second-order valence-electron chi connectivity index (χ2n) is 8.85. The van der Waals surface area contributed by atoms with Crippen molar-refractivity contribution in [3.05, 3.63) is 71.2 Å². The molecule has 32 heavy (non-hydrogen) atoms. The molecule has 2 aromatic rings. The first kappa shape index (κ1) is 23.4. The van der Waals surface area contributed by atoms with Crippen molar-refractivity contribution >= 4 is 61.9 Å². The van der Waals surface area contributed by atoms with Crippen molar-refractivity contribution in [2.75, 3.05) is 4.90 Å². The molecule has 4 nitrogen and oxygen atoms in total. The number of nitrogens with zero attached hydrogens (tertiary/aromatic N) is 2. The highest BCUT2D eigenvalue weighted by Crippen LogP contribution is 2.52. The molecule has 2 heterocycles. The first-order valence-electron chi connectivity index (χ1n) is 10.3. The highest BCUT2D eigenvalue weighted by molar-refractivity contribution is 9.10. The second-order valence-corrected chi connectivity index (χ2v) is 11.7. The summed E-state index contributed by atoms with van der Waals surface area (Å²) in [5, 5.41) is 11.0. The van der Waals surface area contributed by atoms with Gasteiger partial charge < -0.3 is 5.73 Å². The monoisotopic (exact) mass is 549 g/mol. The van der Waals surface area contributed by atoms with Crippen LogP contribution in [0.15, 0.2) is 51.4 Å². The van der Waals surface area contributed by atoms with Crippen LogP contribution in [0.25, 0.3) is 0 Å². The Kier molecular flexibility index (Phi) is 6.23. The average molecular weight is 551 g/mol. The lowest BCUT2D eigenvalue weighted by molar-refractivity contribution is -0.118. The average Bonchev–Trinajstić information content (AvgIpc) is 3.09. The zero-order valence-corrected chi connectivity index (χ0v) is 21.8. The van der Waals surface area contributed by atoms with Crippen molar-refractivity contribution < 1.29 is 4.79 Å². The van der Waals surface area contributed by atoms with Crippen LogP contribution in [0.3, 0.4) is 0 Å². The molecule has 0 spiro atoms. The van der Waals surface area contributed by atoms with Gasteiger partial charge in [0.1, 0.15) is 5.82 Å². The van der Waals surface area contributed by atoms with Crippen molar-refractivity contribution in [1.82, 2.24) is 0 Å². The number of hydrogen-bond acceptors (Lipinski definition) is 5. The number of Topliss-reactive ketones (excluding diaryl/α,β-unsaturated/α-hetero) is 1. The number of aryl methyl sites for hydroxylation is 1. The maximum Gasteiger partial charge on any atom is 0.162 e. The molecule has 8 heteroatoms. The van der Waals surface area contributed by atoms with Gasteiger partial charge in [-0.05, 0) is 58.5 Å². The van der Waals surface area contributed by atoms with E-state index in [4.69, 9.17) is 28.9 Å². The van der Waals surface area contributed by atoms with Crippen LogP contribution in [0.1, 0.15) is 49.3 Å². The Morgan fingerprint density at radius 3 is 2.59 bits per heavy atom. The fourth-order valence-corrected chi connectivity index (χ4v) is 6.85. The molecule has 0 saturated heterocycles. The molecule has 2 N–H and O–H groups in total. The molecule has 1 aromatic heterocycles. The summed E-state index contributed by atoms with van der Waals surface area (Å²) in [5.74, 6) is -0.101. The highest BCUT2D eigenvalue weighted by atomic mass is 79.9. The summed E-state index contributed by atoms with van der Waals surface area (Å²) in [7, 11) is 0. The lowest BCUT2D eigenvalue weighted by Gasteiger charge is -2.43. The minimum absolute atomic E-state index is 0.0501. The lowest BCUT2D eigenvalue weighted by Crippen LogP contribution is -2.42. The van der Waals surface area contributed by atoms with Crippen LogP contribution in [0.5, 0.6) is 0 Å². The summed E-state index contributed by atoms with van der Waals surface area (Å²) in [6, 6.07) is 9.56. The number of nitriles is 1. The minimum Gasteiger partial charge on any atom is -0.384 e. The molecule has 0 radical (unpaired) electrons. The van der Waals surface area contributed by atoms with Gasteiger partial charge in [-0.2, -0.15) is 5.26 Å². The van der Waals surface area contributed by atoms with E-state index in [2.05, 4.69) is 42.8 Å². The van der Waals surface area contributed by atoms with Crippen LogP contribution < -0.4 is 10.6 Å². The first-order valence-corrected chi connectivity index (χ1v) is 12.6. The molecule has 1 unspecified atom stereocenters. The third kappa shape index (κ3) is 3.90. The zero-order valence-electron chi connectivity index (χ0n) is 17.9. The van der Waals surface area contributed by atoms with Gasteiger partial charge in [0.15, 0.2) is 5.78 Å². The number of anilines is 1. The van der Waals surface area contributed by atoms with Crippen molar-refractivity contribution in [3.8, 4) is 6.07 Å². The van der Waals surface area contributed by atoms with Gasteiger partial charge in [-0.1, -0.05) is 44.0 Å². The van der Waals surface area contributed by atoms with Gasteiger partial charge >= 0.3 is 0 Å².